The van der Waals surface area contributed by atoms with Gasteiger partial charge < -0.3 is 21.5 Å². The summed E-state index contributed by atoms with van der Waals surface area (Å²) >= 11 is 0. The molecule has 0 heterocycles. The van der Waals surface area contributed by atoms with Gasteiger partial charge in [0.1, 0.15) is 11.6 Å². The Labute approximate surface area is 138 Å². The van der Waals surface area contributed by atoms with Gasteiger partial charge in [-0.1, -0.05) is 0 Å². The van der Waals surface area contributed by atoms with Crippen LogP contribution in [0, 0.1) is 11.3 Å². The number of anilines is 3. The molecule has 2 aromatic rings. The van der Waals surface area contributed by atoms with Gasteiger partial charge >= 0.3 is 5.97 Å². The number of carbonyl (C=O) groups excluding carboxylic acids is 1. The van der Waals surface area contributed by atoms with Crippen molar-refractivity contribution >= 4 is 28.9 Å². The summed E-state index contributed by atoms with van der Waals surface area (Å²) in [4.78, 5) is 22.8. The largest absolute Gasteiger partial charge is 0.478 e. The van der Waals surface area contributed by atoms with Crippen LogP contribution in [-0.4, -0.2) is 17.0 Å². The normalized spacial score (nSPS) is 10.5. The second kappa shape index (κ2) is 7.47. The molecular weight excluding hydrogens is 308 g/mol. The van der Waals surface area contributed by atoms with Crippen molar-refractivity contribution in [2.24, 2.45) is 0 Å². The third-order valence-corrected chi connectivity index (χ3v) is 3.05. The molecule has 7 heteroatoms. The quantitative estimate of drug-likeness (QED) is 0.380. The maximum atomic E-state index is 12.1. The first kappa shape index (κ1) is 16.6. The van der Waals surface area contributed by atoms with Crippen LogP contribution in [0.1, 0.15) is 10.4 Å². The average Bonchev–Trinajstić information content (AvgIpc) is 2.57. The number of carboxylic acids is 1. The van der Waals surface area contributed by atoms with E-state index in [9.17, 15) is 9.59 Å². The zero-order chi connectivity index (χ0) is 17.5. The third-order valence-electron chi connectivity index (χ3n) is 3.05. The van der Waals surface area contributed by atoms with Gasteiger partial charge in [0.05, 0.1) is 5.56 Å². The Morgan fingerprint density at radius 1 is 1.04 bits per heavy atom. The SMILES string of the molecule is N#C/C(=C/Nc1ccc(N)cc1)C(=O)Nc1ccc(C(=O)O)cc1. The zero-order valence-electron chi connectivity index (χ0n) is 12.5. The van der Waals surface area contributed by atoms with Crippen molar-refractivity contribution in [1.82, 2.24) is 0 Å². The summed E-state index contributed by atoms with van der Waals surface area (Å²) in [7, 11) is 0. The van der Waals surface area contributed by atoms with Crippen molar-refractivity contribution in [3.63, 3.8) is 0 Å². The maximum absolute atomic E-state index is 12.1. The van der Waals surface area contributed by atoms with Crippen LogP contribution < -0.4 is 16.4 Å². The van der Waals surface area contributed by atoms with Crippen LogP contribution in [0.3, 0.4) is 0 Å². The number of nitrogens with one attached hydrogen (secondary N) is 2. The minimum absolute atomic E-state index is 0.106. The number of amides is 1. The van der Waals surface area contributed by atoms with E-state index in [0.29, 0.717) is 17.1 Å². The molecule has 120 valence electrons. The molecule has 2 rings (SSSR count). The summed E-state index contributed by atoms with van der Waals surface area (Å²) in [5, 5.41) is 23.3. The molecule has 0 aromatic heterocycles. The molecular formula is C17H14N4O3. The van der Waals surface area contributed by atoms with Crippen molar-refractivity contribution < 1.29 is 14.7 Å². The van der Waals surface area contributed by atoms with Gasteiger partial charge in [-0.2, -0.15) is 5.26 Å². The number of nitriles is 1. The molecule has 2 aromatic carbocycles. The molecule has 0 radical (unpaired) electrons. The third kappa shape index (κ3) is 4.35. The van der Waals surface area contributed by atoms with E-state index in [4.69, 9.17) is 16.1 Å². The van der Waals surface area contributed by atoms with E-state index in [1.54, 1.807) is 30.3 Å². The fraction of sp³-hybridized carbons (Fsp3) is 0. The van der Waals surface area contributed by atoms with Crippen molar-refractivity contribution in [1.29, 1.82) is 5.26 Å². The molecule has 0 spiro atoms. The molecule has 0 fully saturated rings. The maximum Gasteiger partial charge on any atom is 0.335 e. The first-order chi connectivity index (χ1) is 11.5. The predicted octanol–water partition coefficient (Wildman–Crippen LogP) is 2.43. The Balaban J connectivity index is 2.05. The molecule has 0 aliphatic carbocycles. The van der Waals surface area contributed by atoms with Crippen LogP contribution in [0.4, 0.5) is 17.1 Å². The van der Waals surface area contributed by atoms with Crippen molar-refractivity contribution in [3.8, 4) is 6.07 Å². The molecule has 0 aliphatic heterocycles. The fourth-order valence-corrected chi connectivity index (χ4v) is 1.78. The highest BCUT2D eigenvalue weighted by Gasteiger charge is 2.10. The lowest BCUT2D eigenvalue weighted by Gasteiger charge is -2.06. The van der Waals surface area contributed by atoms with E-state index >= 15 is 0 Å². The van der Waals surface area contributed by atoms with Gasteiger partial charge in [0.25, 0.3) is 5.91 Å². The summed E-state index contributed by atoms with van der Waals surface area (Å²) in [6, 6.07) is 14.2. The van der Waals surface area contributed by atoms with E-state index < -0.39 is 11.9 Å². The Morgan fingerprint density at radius 3 is 2.17 bits per heavy atom. The molecule has 5 N–H and O–H groups in total. The highest BCUT2D eigenvalue weighted by atomic mass is 16.4. The molecule has 24 heavy (non-hydrogen) atoms. The van der Waals surface area contributed by atoms with Crippen LogP contribution in [0.2, 0.25) is 0 Å². The van der Waals surface area contributed by atoms with Crippen LogP contribution in [0.15, 0.2) is 60.3 Å². The first-order valence-electron chi connectivity index (χ1n) is 6.86. The monoisotopic (exact) mass is 322 g/mol. The van der Waals surface area contributed by atoms with Crippen molar-refractivity contribution in [3.05, 3.63) is 65.9 Å². The number of nitrogen functional groups attached to an aromatic ring is 1. The van der Waals surface area contributed by atoms with E-state index in [1.165, 1.54) is 30.5 Å². The van der Waals surface area contributed by atoms with E-state index in [-0.39, 0.29) is 11.1 Å². The summed E-state index contributed by atoms with van der Waals surface area (Å²) < 4.78 is 0. The molecule has 0 atom stereocenters. The van der Waals surface area contributed by atoms with Gasteiger partial charge in [-0.3, -0.25) is 4.79 Å². The Morgan fingerprint density at radius 2 is 1.62 bits per heavy atom. The van der Waals surface area contributed by atoms with Crippen molar-refractivity contribution in [2.75, 3.05) is 16.4 Å². The average molecular weight is 322 g/mol. The molecule has 0 bridgehead atoms. The fourth-order valence-electron chi connectivity index (χ4n) is 1.78. The number of carbonyl (C=O) groups is 2. The van der Waals surface area contributed by atoms with Crippen LogP contribution >= 0.6 is 0 Å². The molecule has 0 aliphatic rings. The van der Waals surface area contributed by atoms with Gasteiger partial charge in [0.2, 0.25) is 0 Å². The highest BCUT2D eigenvalue weighted by Crippen LogP contribution is 2.13. The molecule has 0 unspecified atom stereocenters. The summed E-state index contributed by atoms with van der Waals surface area (Å²) in [5.41, 5.74) is 7.22. The zero-order valence-corrected chi connectivity index (χ0v) is 12.5. The lowest BCUT2D eigenvalue weighted by atomic mass is 10.2. The number of hydrogen-bond donors (Lipinski definition) is 4. The van der Waals surface area contributed by atoms with Crippen molar-refractivity contribution in [2.45, 2.75) is 0 Å². The molecule has 7 nitrogen and oxygen atoms in total. The van der Waals surface area contributed by atoms with Gasteiger partial charge in [-0.15, -0.1) is 0 Å². The number of carboxylic acid groups (broad SMARTS) is 1. The minimum Gasteiger partial charge on any atom is -0.478 e. The number of nitrogens with zero attached hydrogens (tertiary/aromatic N) is 1. The Hall–Kier alpha value is -3.79. The summed E-state index contributed by atoms with van der Waals surface area (Å²) in [5.74, 6) is -1.67. The minimum atomic E-state index is -1.06. The lowest BCUT2D eigenvalue weighted by molar-refractivity contribution is -0.112. The van der Waals surface area contributed by atoms with Crippen LogP contribution in [0.5, 0.6) is 0 Å². The summed E-state index contributed by atoms with van der Waals surface area (Å²) in [6.45, 7) is 0. The number of hydrogen-bond acceptors (Lipinski definition) is 5. The first-order valence-corrected chi connectivity index (χ1v) is 6.86. The number of nitrogens with two attached hydrogens (primary N) is 1. The van der Waals surface area contributed by atoms with Gasteiger partial charge in [-0.05, 0) is 48.5 Å². The Kier molecular flexibility index (Phi) is 5.16. The molecule has 1 amide bonds. The number of aromatic carboxylic acids is 1. The van der Waals surface area contributed by atoms with E-state index in [0.717, 1.165) is 0 Å². The number of benzene rings is 2. The van der Waals surface area contributed by atoms with E-state index in [1.807, 2.05) is 0 Å². The van der Waals surface area contributed by atoms with Crippen LogP contribution in [0.25, 0.3) is 0 Å². The van der Waals surface area contributed by atoms with Gasteiger partial charge in [-0.25, -0.2) is 4.79 Å². The molecule has 0 saturated carbocycles. The van der Waals surface area contributed by atoms with Gasteiger partial charge in [0.15, 0.2) is 0 Å². The second-order valence-electron chi connectivity index (χ2n) is 4.77. The predicted molar refractivity (Wildman–Crippen MR) is 90.2 cm³/mol. The molecule has 0 saturated heterocycles. The van der Waals surface area contributed by atoms with E-state index in [2.05, 4.69) is 10.6 Å². The Bertz CT molecular complexity index is 818. The second-order valence-corrected chi connectivity index (χ2v) is 4.77. The topological polar surface area (TPSA) is 128 Å². The van der Waals surface area contributed by atoms with Gasteiger partial charge in [0, 0.05) is 23.3 Å². The number of rotatable bonds is 5. The highest BCUT2D eigenvalue weighted by molar-refractivity contribution is 6.06. The smallest absolute Gasteiger partial charge is 0.335 e. The van der Waals surface area contributed by atoms with Crippen LogP contribution in [-0.2, 0) is 4.79 Å². The summed E-state index contributed by atoms with van der Waals surface area (Å²) in [6.07, 6.45) is 1.28. The lowest BCUT2D eigenvalue weighted by Crippen LogP contribution is -2.14. The standard InChI is InChI=1S/C17H14N4O3/c18-9-12(10-20-14-7-3-13(19)4-8-14)16(22)21-15-5-1-11(2-6-15)17(23)24/h1-8,10,20H,19H2,(H,21,22)(H,23,24)/b12-10-.